The second-order valence-corrected chi connectivity index (χ2v) is 3.72. The SMILES string of the molecule is CC(Cl)NC(=O)Nc1ccccc1C(=O)O. The van der Waals surface area contributed by atoms with Gasteiger partial charge in [0, 0.05) is 0 Å². The molecule has 0 fully saturated rings. The van der Waals surface area contributed by atoms with Crippen LogP contribution in [-0.4, -0.2) is 22.6 Å². The Morgan fingerprint density at radius 1 is 1.38 bits per heavy atom. The van der Waals surface area contributed by atoms with E-state index < -0.39 is 17.5 Å². The van der Waals surface area contributed by atoms with E-state index in [1.54, 1.807) is 19.1 Å². The van der Waals surface area contributed by atoms with Gasteiger partial charge < -0.3 is 15.7 Å². The molecule has 0 spiro atoms. The molecule has 2 amide bonds. The molecule has 16 heavy (non-hydrogen) atoms. The predicted octanol–water partition coefficient (Wildman–Crippen LogP) is 2.09. The van der Waals surface area contributed by atoms with Crippen molar-refractivity contribution in [2.24, 2.45) is 0 Å². The van der Waals surface area contributed by atoms with Crippen molar-refractivity contribution in [3.05, 3.63) is 29.8 Å². The zero-order chi connectivity index (χ0) is 12.1. The highest BCUT2D eigenvalue weighted by Gasteiger charge is 2.11. The quantitative estimate of drug-likeness (QED) is 0.561. The molecule has 0 aliphatic rings. The first-order valence-electron chi connectivity index (χ1n) is 4.54. The summed E-state index contributed by atoms with van der Waals surface area (Å²) >= 11 is 5.55. The maximum absolute atomic E-state index is 11.3. The molecule has 0 aliphatic heterocycles. The number of carbonyl (C=O) groups is 2. The fourth-order valence-corrected chi connectivity index (χ4v) is 1.22. The number of alkyl halides is 1. The van der Waals surface area contributed by atoms with Crippen LogP contribution in [0.4, 0.5) is 10.5 Å². The lowest BCUT2D eigenvalue weighted by Gasteiger charge is -2.10. The third kappa shape index (κ3) is 3.43. The molecule has 0 aliphatic carbocycles. The minimum atomic E-state index is -1.10. The summed E-state index contributed by atoms with van der Waals surface area (Å²) in [5, 5.41) is 13.7. The second-order valence-electron chi connectivity index (χ2n) is 3.07. The number of hydrogen-bond acceptors (Lipinski definition) is 2. The summed E-state index contributed by atoms with van der Waals surface area (Å²) < 4.78 is 0. The highest BCUT2D eigenvalue weighted by atomic mass is 35.5. The average Bonchev–Trinajstić information content (AvgIpc) is 2.16. The van der Waals surface area contributed by atoms with Crippen molar-refractivity contribution in [3.8, 4) is 0 Å². The zero-order valence-corrected chi connectivity index (χ0v) is 9.28. The Bertz CT molecular complexity index is 407. The summed E-state index contributed by atoms with van der Waals surface area (Å²) in [4.78, 5) is 22.1. The Morgan fingerprint density at radius 2 is 2.00 bits per heavy atom. The molecule has 0 radical (unpaired) electrons. The first kappa shape index (κ1) is 12.3. The van der Waals surface area contributed by atoms with Gasteiger partial charge in [-0.3, -0.25) is 0 Å². The van der Waals surface area contributed by atoms with Gasteiger partial charge >= 0.3 is 12.0 Å². The number of para-hydroxylation sites is 1. The van der Waals surface area contributed by atoms with Crippen LogP contribution < -0.4 is 10.6 Å². The monoisotopic (exact) mass is 242 g/mol. The van der Waals surface area contributed by atoms with Gasteiger partial charge in [-0.25, -0.2) is 9.59 Å². The van der Waals surface area contributed by atoms with Crippen LogP contribution in [0.1, 0.15) is 17.3 Å². The highest BCUT2D eigenvalue weighted by Crippen LogP contribution is 2.14. The van der Waals surface area contributed by atoms with E-state index in [0.29, 0.717) is 0 Å². The molecule has 86 valence electrons. The maximum atomic E-state index is 11.3. The molecule has 1 rings (SSSR count). The van der Waals surface area contributed by atoms with E-state index in [-0.39, 0.29) is 11.3 Å². The van der Waals surface area contributed by atoms with Crippen LogP contribution in [0.3, 0.4) is 0 Å². The minimum absolute atomic E-state index is 0.0277. The Labute approximate surface area is 97.4 Å². The molecule has 0 saturated heterocycles. The summed E-state index contributed by atoms with van der Waals surface area (Å²) in [5.74, 6) is -1.10. The van der Waals surface area contributed by atoms with Gasteiger partial charge in [-0.2, -0.15) is 0 Å². The minimum Gasteiger partial charge on any atom is -0.478 e. The van der Waals surface area contributed by atoms with E-state index in [2.05, 4.69) is 10.6 Å². The lowest BCUT2D eigenvalue weighted by molar-refractivity contribution is 0.0698. The van der Waals surface area contributed by atoms with Gasteiger partial charge in [0.05, 0.1) is 11.3 Å². The van der Waals surface area contributed by atoms with Crippen LogP contribution in [0, 0.1) is 0 Å². The van der Waals surface area contributed by atoms with E-state index in [0.717, 1.165) is 0 Å². The van der Waals surface area contributed by atoms with Crippen LogP contribution in [-0.2, 0) is 0 Å². The lowest BCUT2D eigenvalue weighted by atomic mass is 10.2. The van der Waals surface area contributed by atoms with Crippen LogP contribution in [0.5, 0.6) is 0 Å². The molecule has 1 atom stereocenters. The Morgan fingerprint density at radius 3 is 2.56 bits per heavy atom. The van der Waals surface area contributed by atoms with Crippen molar-refractivity contribution in [2.45, 2.75) is 12.4 Å². The molecule has 0 bridgehead atoms. The number of halogens is 1. The molecule has 6 heteroatoms. The van der Waals surface area contributed by atoms with Gasteiger partial charge in [0.15, 0.2) is 0 Å². The number of nitrogens with one attached hydrogen (secondary N) is 2. The Balaban J connectivity index is 2.81. The van der Waals surface area contributed by atoms with Crippen molar-refractivity contribution in [1.29, 1.82) is 0 Å². The molecule has 0 heterocycles. The van der Waals surface area contributed by atoms with Crippen molar-refractivity contribution >= 4 is 29.3 Å². The van der Waals surface area contributed by atoms with Gasteiger partial charge in [-0.1, -0.05) is 23.7 Å². The van der Waals surface area contributed by atoms with Crippen LogP contribution >= 0.6 is 11.6 Å². The van der Waals surface area contributed by atoms with Gasteiger partial charge in [0.25, 0.3) is 0 Å². The molecule has 1 aromatic rings. The highest BCUT2D eigenvalue weighted by molar-refractivity contribution is 6.21. The summed E-state index contributed by atoms with van der Waals surface area (Å²) in [5.41, 5.74) is -0.276. The predicted molar refractivity (Wildman–Crippen MR) is 60.9 cm³/mol. The topological polar surface area (TPSA) is 78.4 Å². The zero-order valence-electron chi connectivity index (χ0n) is 8.53. The number of carboxylic acids is 1. The number of hydrogen-bond donors (Lipinski definition) is 3. The number of urea groups is 1. The van der Waals surface area contributed by atoms with Crippen molar-refractivity contribution < 1.29 is 14.7 Å². The largest absolute Gasteiger partial charge is 0.478 e. The van der Waals surface area contributed by atoms with E-state index >= 15 is 0 Å². The Hall–Kier alpha value is -1.75. The van der Waals surface area contributed by atoms with Gasteiger partial charge in [-0.05, 0) is 19.1 Å². The smallest absolute Gasteiger partial charge is 0.337 e. The van der Waals surface area contributed by atoms with Crippen LogP contribution in [0.15, 0.2) is 24.3 Å². The van der Waals surface area contributed by atoms with E-state index in [4.69, 9.17) is 16.7 Å². The van der Waals surface area contributed by atoms with E-state index in [9.17, 15) is 9.59 Å². The molecule has 5 nitrogen and oxygen atoms in total. The number of carbonyl (C=O) groups excluding carboxylic acids is 1. The molecular weight excluding hydrogens is 232 g/mol. The normalized spacial score (nSPS) is 11.6. The van der Waals surface area contributed by atoms with Crippen LogP contribution in [0.25, 0.3) is 0 Å². The van der Waals surface area contributed by atoms with Crippen LogP contribution in [0.2, 0.25) is 0 Å². The standard InChI is InChI=1S/C10H11ClN2O3/c1-6(11)12-10(16)13-8-5-3-2-4-7(8)9(14)15/h2-6H,1H3,(H,14,15)(H2,12,13,16). The molecule has 3 N–H and O–H groups in total. The van der Waals surface area contributed by atoms with Crippen molar-refractivity contribution in [2.75, 3.05) is 5.32 Å². The van der Waals surface area contributed by atoms with Crippen molar-refractivity contribution in [3.63, 3.8) is 0 Å². The first-order chi connectivity index (χ1) is 7.50. The number of amides is 2. The van der Waals surface area contributed by atoms with Gasteiger partial charge in [0.1, 0.15) is 5.50 Å². The summed E-state index contributed by atoms with van der Waals surface area (Å²) in [7, 11) is 0. The number of carboxylic acid groups (broad SMARTS) is 1. The second kappa shape index (κ2) is 5.37. The third-order valence-corrected chi connectivity index (χ3v) is 1.84. The molecule has 0 saturated carbocycles. The molecule has 0 aromatic heterocycles. The number of benzene rings is 1. The molecule has 1 aromatic carbocycles. The number of aromatic carboxylic acids is 1. The number of anilines is 1. The lowest BCUT2D eigenvalue weighted by Crippen LogP contribution is -2.33. The summed E-state index contributed by atoms with van der Waals surface area (Å²) in [6.07, 6.45) is 0. The fourth-order valence-electron chi connectivity index (χ4n) is 1.12. The first-order valence-corrected chi connectivity index (χ1v) is 4.98. The van der Waals surface area contributed by atoms with E-state index in [1.807, 2.05) is 0 Å². The maximum Gasteiger partial charge on any atom is 0.337 e. The molecule has 1 unspecified atom stereocenters. The summed E-state index contributed by atoms with van der Waals surface area (Å²) in [6, 6.07) is 5.57. The van der Waals surface area contributed by atoms with Gasteiger partial charge in [-0.15, -0.1) is 0 Å². The fraction of sp³-hybridized carbons (Fsp3) is 0.200. The third-order valence-electron chi connectivity index (χ3n) is 1.74. The number of rotatable bonds is 3. The summed E-state index contributed by atoms with van der Waals surface area (Å²) in [6.45, 7) is 1.59. The molecular formula is C10H11ClN2O3. The average molecular weight is 243 g/mol. The van der Waals surface area contributed by atoms with E-state index in [1.165, 1.54) is 12.1 Å². The van der Waals surface area contributed by atoms with Crippen molar-refractivity contribution in [1.82, 2.24) is 5.32 Å². The Kier molecular flexibility index (Phi) is 4.13. The van der Waals surface area contributed by atoms with Gasteiger partial charge in [0.2, 0.25) is 0 Å².